The Morgan fingerprint density at radius 2 is 2.18 bits per heavy atom. The second-order valence-corrected chi connectivity index (χ2v) is 4.70. The fourth-order valence-electron chi connectivity index (χ4n) is 1.64. The standard InChI is InChI=1S/C14H12ClN3O4/c1-9(14(19)17-12-6-3-7-16-13(12)15)22-11-5-2-4-10(8-11)18(20)21/h2-9H,1H3,(H,17,19)/t9-/m1/s1. The highest BCUT2D eigenvalue weighted by Gasteiger charge is 2.17. The number of nitrogens with zero attached hydrogens (tertiary/aromatic N) is 2. The van der Waals surface area contributed by atoms with Gasteiger partial charge in [0.2, 0.25) is 0 Å². The smallest absolute Gasteiger partial charge is 0.273 e. The van der Waals surface area contributed by atoms with Crippen LogP contribution in [-0.2, 0) is 4.79 Å². The lowest BCUT2D eigenvalue weighted by molar-refractivity contribution is -0.384. The van der Waals surface area contributed by atoms with Crippen molar-refractivity contribution in [2.75, 3.05) is 5.32 Å². The van der Waals surface area contributed by atoms with Gasteiger partial charge in [-0.25, -0.2) is 4.98 Å². The number of hydrogen-bond donors (Lipinski definition) is 1. The van der Waals surface area contributed by atoms with Crippen molar-refractivity contribution < 1.29 is 14.5 Å². The largest absolute Gasteiger partial charge is 0.481 e. The van der Waals surface area contributed by atoms with Gasteiger partial charge in [-0.15, -0.1) is 0 Å². The number of halogens is 1. The average Bonchev–Trinajstić information content (AvgIpc) is 2.49. The van der Waals surface area contributed by atoms with Gasteiger partial charge in [0.1, 0.15) is 5.75 Å². The number of amides is 1. The van der Waals surface area contributed by atoms with Crippen LogP contribution < -0.4 is 10.1 Å². The lowest BCUT2D eigenvalue weighted by Crippen LogP contribution is -2.30. The van der Waals surface area contributed by atoms with Crippen LogP contribution in [0.3, 0.4) is 0 Å². The summed E-state index contributed by atoms with van der Waals surface area (Å²) in [7, 11) is 0. The van der Waals surface area contributed by atoms with E-state index in [1.54, 1.807) is 12.1 Å². The molecule has 0 radical (unpaired) electrons. The molecule has 22 heavy (non-hydrogen) atoms. The summed E-state index contributed by atoms with van der Waals surface area (Å²) in [5.41, 5.74) is 0.254. The minimum absolute atomic E-state index is 0.111. The van der Waals surface area contributed by atoms with Crippen LogP contribution in [0.15, 0.2) is 42.6 Å². The van der Waals surface area contributed by atoms with E-state index in [2.05, 4.69) is 10.3 Å². The minimum atomic E-state index is -0.863. The van der Waals surface area contributed by atoms with Crippen molar-refractivity contribution in [2.24, 2.45) is 0 Å². The summed E-state index contributed by atoms with van der Waals surface area (Å²) in [6.45, 7) is 1.53. The lowest BCUT2D eigenvalue weighted by atomic mass is 10.3. The van der Waals surface area contributed by atoms with E-state index in [9.17, 15) is 14.9 Å². The second kappa shape index (κ2) is 6.86. The molecule has 2 aromatic rings. The number of non-ortho nitro benzene ring substituents is 1. The maximum atomic E-state index is 12.0. The first kappa shape index (κ1) is 15.7. The Bertz CT molecular complexity index is 708. The Hall–Kier alpha value is -2.67. The molecular formula is C14H12ClN3O4. The number of nitrogens with one attached hydrogen (secondary N) is 1. The molecule has 0 saturated carbocycles. The first-order valence-corrected chi connectivity index (χ1v) is 6.67. The number of benzene rings is 1. The summed E-state index contributed by atoms with van der Waals surface area (Å²) in [5.74, 6) is -0.212. The van der Waals surface area contributed by atoms with Gasteiger partial charge >= 0.3 is 0 Å². The van der Waals surface area contributed by atoms with Crippen molar-refractivity contribution in [1.29, 1.82) is 0 Å². The van der Waals surface area contributed by atoms with Crippen LogP contribution in [0.4, 0.5) is 11.4 Å². The van der Waals surface area contributed by atoms with E-state index < -0.39 is 16.9 Å². The van der Waals surface area contributed by atoms with Gasteiger partial charge in [-0.05, 0) is 25.1 Å². The first-order chi connectivity index (χ1) is 10.5. The molecule has 0 aliphatic rings. The number of hydrogen-bond acceptors (Lipinski definition) is 5. The highest BCUT2D eigenvalue weighted by molar-refractivity contribution is 6.32. The van der Waals surface area contributed by atoms with Crippen molar-refractivity contribution >= 4 is 28.9 Å². The molecule has 7 nitrogen and oxygen atoms in total. The number of nitro benzene ring substituents is 1. The van der Waals surface area contributed by atoms with Crippen molar-refractivity contribution in [1.82, 2.24) is 4.98 Å². The van der Waals surface area contributed by atoms with Crippen LogP contribution >= 0.6 is 11.6 Å². The molecule has 2 rings (SSSR count). The van der Waals surface area contributed by atoms with Crippen molar-refractivity contribution in [3.05, 3.63) is 57.9 Å². The fraction of sp³-hybridized carbons (Fsp3) is 0.143. The number of ether oxygens (including phenoxy) is 1. The zero-order chi connectivity index (χ0) is 16.1. The molecule has 0 fully saturated rings. The van der Waals surface area contributed by atoms with E-state index >= 15 is 0 Å². The summed E-state index contributed by atoms with van der Waals surface area (Å²) in [6.07, 6.45) is 0.638. The summed E-state index contributed by atoms with van der Waals surface area (Å²) in [4.78, 5) is 26.0. The van der Waals surface area contributed by atoms with Crippen molar-refractivity contribution in [3.63, 3.8) is 0 Å². The predicted molar refractivity (Wildman–Crippen MR) is 81.1 cm³/mol. The van der Waals surface area contributed by atoms with E-state index in [4.69, 9.17) is 16.3 Å². The SMILES string of the molecule is C[C@@H](Oc1cccc([N+](=O)[O-])c1)C(=O)Nc1cccnc1Cl. The second-order valence-electron chi connectivity index (χ2n) is 4.35. The van der Waals surface area contributed by atoms with Crippen LogP contribution in [0.25, 0.3) is 0 Å². The Labute approximate surface area is 131 Å². The van der Waals surface area contributed by atoms with E-state index in [0.717, 1.165) is 0 Å². The van der Waals surface area contributed by atoms with E-state index in [-0.39, 0.29) is 16.6 Å². The molecule has 0 aliphatic heterocycles. The van der Waals surface area contributed by atoms with Crippen LogP contribution in [-0.4, -0.2) is 21.9 Å². The number of pyridine rings is 1. The van der Waals surface area contributed by atoms with Gasteiger partial charge in [-0.1, -0.05) is 17.7 Å². The third-order valence-electron chi connectivity index (χ3n) is 2.73. The molecule has 0 saturated heterocycles. The quantitative estimate of drug-likeness (QED) is 0.519. The average molecular weight is 322 g/mol. The molecule has 1 aromatic heterocycles. The summed E-state index contributed by atoms with van der Waals surface area (Å²) in [5, 5.41) is 13.4. The molecule has 1 heterocycles. The number of nitro groups is 1. The maximum absolute atomic E-state index is 12.0. The van der Waals surface area contributed by atoms with E-state index in [1.165, 1.54) is 37.4 Å². The molecule has 1 N–H and O–H groups in total. The monoisotopic (exact) mass is 321 g/mol. The van der Waals surface area contributed by atoms with Gasteiger partial charge in [0.05, 0.1) is 16.7 Å². The third-order valence-corrected chi connectivity index (χ3v) is 3.03. The lowest BCUT2D eigenvalue weighted by Gasteiger charge is -2.14. The number of carbonyl (C=O) groups is 1. The number of carbonyl (C=O) groups excluding carboxylic acids is 1. The van der Waals surface area contributed by atoms with Crippen LogP contribution in [0, 0.1) is 10.1 Å². The zero-order valence-corrected chi connectivity index (χ0v) is 12.3. The van der Waals surface area contributed by atoms with Gasteiger partial charge in [0.15, 0.2) is 11.3 Å². The summed E-state index contributed by atoms with van der Waals surface area (Å²) >= 11 is 5.85. The number of anilines is 1. The molecule has 1 atom stereocenters. The molecule has 0 spiro atoms. The maximum Gasteiger partial charge on any atom is 0.273 e. The van der Waals surface area contributed by atoms with Gasteiger partial charge in [-0.3, -0.25) is 14.9 Å². The first-order valence-electron chi connectivity index (χ1n) is 6.30. The molecular weight excluding hydrogens is 310 g/mol. The van der Waals surface area contributed by atoms with Gasteiger partial charge in [0, 0.05) is 12.3 Å². The highest BCUT2D eigenvalue weighted by atomic mass is 35.5. The van der Waals surface area contributed by atoms with E-state index in [1.807, 2.05) is 0 Å². The van der Waals surface area contributed by atoms with Gasteiger partial charge in [-0.2, -0.15) is 0 Å². The Balaban J connectivity index is 2.04. The fourth-order valence-corrected chi connectivity index (χ4v) is 1.81. The van der Waals surface area contributed by atoms with Crippen LogP contribution in [0.1, 0.15) is 6.92 Å². The van der Waals surface area contributed by atoms with E-state index in [0.29, 0.717) is 5.69 Å². The number of aromatic nitrogens is 1. The predicted octanol–water partition coefficient (Wildman–Crippen LogP) is 3.05. The van der Waals surface area contributed by atoms with Gasteiger partial charge < -0.3 is 10.1 Å². The molecule has 8 heteroatoms. The molecule has 0 unspecified atom stereocenters. The molecule has 0 bridgehead atoms. The third kappa shape index (κ3) is 3.92. The van der Waals surface area contributed by atoms with Crippen LogP contribution in [0.5, 0.6) is 5.75 Å². The number of rotatable bonds is 5. The Morgan fingerprint density at radius 1 is 1.41 bits per heavy atom. The van der Waals surface area contributed by atoms with Gasteiger partial charge in [0.25, 0.3) is 11.6 Å². The Kier molecular flexibility index (Phi) is 4.90. The summed E-state index contributed by atoms with van der Waals surface area (Å²) in [6, 6.07) is 8.85. The summed E-state index contributed by atoms with van der Waals surface area (Å²) < 4.78 is 5.40. The van der Waals surface area contributed by atoms with Crippen LogP contribution in [0.2, 0.25) is 5.15 Å². The van der Waals surface area contributed by atoms with Crippen molar-refractivity contribution in [2.45, 2.75) is 13.0 Å². The molecule has 1 amide bonds. The highest BCUT2D eigenvalue weighted by Crippen LogP contribution is 2.21. The molecule has 114 valence electrons. The topological polar surface area (TPSA) is 94.4 Å². The Morgan fingerprint density at radius 3 is 2.86 bits per heavy atom. The minimum Gasteiger partial charge on any atom is -0.481 e. The normalized spacial score (nSPS) is 11.5. The zero-order valence-electron chi connectivity index (χ0n) is 11.5. The van der Waals surface area contributed by atoms with Crippen molar-refractivity contribution in [3.8, 4) is 5.75 Å². The molecule has 0 aliphatic carbocycles. The molecule has 1 aromatic carbocycles.